The largest absolute Gasteiger partial charge is 0.388 e. The topological polar surface area (TPSA) is 69.0 Å². The maximum Gasteiger partial charge on any atom is 0.0880 e. The van der Waals surface area contributed by atoms with E-state index in [1.807, 2.05) is 24.3 Å². The molecule has 0 bridgehead atoms. The lowest BCUT2D eigenvalue weighted by molar-refractivity contribution is 0.159. The monoisotopic (exact) mass is 175 g/mol. The van der Waals surface area contributed by atoms with Crippen LogP contribution in [0.2, 0.25) is 0 Å². The van der Waals surface area contributed by atoms with Crippen molar-refractivity contribution in [3.05, 3.63) is 45.8 Å². The van der Waals surface area contributed by atoms with Gasteiger partial charge in [-0.3, -0.25) is 0 Å². The van der Waals surface area contributed by atoms with Gasteiger partial charge in [0.2, 0.25) is 0 Å². The molecule has 1 aromatic rings. The number of aliphatic hydroxyl groups excluding tert-OH is 1. The molecule has 0 aliphatic heterocycles. The lowest BCUT2D eigenvalue weighted by Gasteiger charge is -2.07. The van der Waals surface area contributed by atoms with Gasteiger partial charge in [-0.2, -0.15) is 0 Å². The quantitative estimate of drug-likeness (QED) is 0.395. The summed E-state index contributed by atoms with van der Waals surface area (Å²) < 4.78 is 0. The molecule has 1 N–H and O–H groups in total. The lowest BCUT2D eigenvalue weighted by atomic mass is 10.1. The van der Waals surface area contributed by atoms with Crippen molar-refractivity contribution in [2.45, 2.75) is 18.6 Å². The number of aliphatic hydroxyl groups is 1. The van der Waals surface area contributed by atoms with Crippen LogP contribution in [-0.2, 0) is 6.42 Å². The zero-order valence-electron chi connectivity index (χ0n) is 6.96. The Kier molecular flexibility index (Phi) is 1.93. The van der Waals surface area contributed by atoms with Crippen LogP contribution in [0.15, 0.2) is 29.4 Å². The second-order valence-corrected chi connectivity index (χ2v) is 3.12. The van der Waals surface area contributed by atoms with Gasteiger partial charge in [-0.15, -0.1) is 0 Å². The van der Waals surface area contributed by atoms with Crippen molar-refractivity contribution in [3.63, 3.8) is 0 Å². The third-order valence-corrected chi connectivity index (χ3v) is 2.37. The fourth-order valence-corrected chi connectivity index (χ4v) is 1.72. The SMILES string of the molecule is [N-]=[N+]=N[C@@H]1Cc2ccccc2[C@@H]1O. The van der Waals surface area contributed by atoms with Crippen LogP contribution in [-0.4, -0.2) is 11.1 Å². The van der Waals surface area contributed by atoms with Gasteiger partial charge in [0.25, 0.3) is 0 Å². The Morgan fingerprint density at radius 3 is 2.92 bits per heavy atom. The van der Waals surface area contributed by atoms with Gasteiger partial charge in [0.1, 0.15) is 0 Å². The number of nitrogens with zero attached hydrogens (tertiary/aromatic N) is 3. The zero-order valence-corrected chi connectivity index (χ0v) is 6.96. The van der Waals surface area contributed by atoms with E-state index >= 15 is 0 Å². The van der Waals surface area contributed by atoms with Crippen molar-refractivity contribution < 1.29 is 5.11 Å². The Labute approximate surface area is 75.4 Å². The van der Waals surface area contributed by atoms with Crippen LogP contribution in [0.25, 0.3) is 10.4 Å². The minimum absolute atomic E-state index is 0.331. The Morgan fingerprint density at radius 2 is 2.23 bits per heavy atom. The van der Waals surface area contributed by atoms with E-state index in [-0.39, 0.29) is 6.04 Å². The third-order valence-electron chi connectivity index (χ3n) is 2.37. The van der Waals surface area contributed by atoms with Crippen molar-refractivity contribution in [1.82, 2.24) is 0 Å². The number of fused-ring (bicyclic) bond motifs is 1. The maximum atomic E-state index is 9.71. The molecule has 0 saturated carbocycles. The first-order valence-corrected chi connectivity index (χ1v) is 4.13. The molecule has 0 spiro atoms. The van der Waals surface area contributed by atoms with Crippen LogP contribution in [0.4, 0.5) is 0 Å². The lowest BCUT2D eigenvalue weighted by Crippen LogP contribution is -2.09. The van der Waals surface area contributed by atoms with E-state index in [1.165, 1.54) is 0 Å². The first-order chi connectivity index (χ1) is 6.33. The molecule has 0 fully saturated rings. The summed E-state index contributed by atoms with van der Waals surface area (Å²) in [7, 11) is 0. The molecule has 4 heteroatoms. The molecule has 1 aliphatic rings. The molecule has 13 heavy (non-hydrogen) atoms. The minimum Gasteiger partial charge on any atom is -0.388 e. The van der Waals surface area contributed by atoms with Gasteiger partial charge in [0.15, 0.2) is 0 Å². The van der Waals surface area contributed by atoms with Crippen molar-refractivity contribution in [2.75, 3.05) is 0 Å². The van der Waals surface area contributed by atoms with Crippen LogP contribution in [0.5, 0.6) is 0 Å². The molecule has 1 aromatic carbocycles. The molecule has 0 amide bonds. The standard InChI is InChI=1S/C9H9N3O/c10-12-11-8-5-6-3-1-2-4-7(6)9(8)13/h1-4,8-9,13H,5H2/t8-,9+/m1/s1. The van der Waals surface area contributed by atoms with Crippen LogP contribution in [0, 0.1) is 0 Å². The Hall–Kier alpha value is -1.51. The zero-order chi connectivity index (χ0) is 9.26. The average molecular weight is 175 g/mol. The summed E-state index contributed by atoms with van der Waals surface area (Å²) in [5.41, 5.74) is 10.2. The molecule has 0 saturated heterocycles. The van der Waals surface area contributed by atoms with E-state index in [4.69, 9.17) is 5.53 Å². The van der Waals surface area contributed by atoms with Gasteiger partial charge >= 0.3 is 0 Å². The summed E-state index contributed by atoms with van der Waals surface area (Å²) >= 11 is 0. The van der Waals surface area contributed by atoms with E-state index in [1.54, 1.807) is 0 Å². The van der Waals surface area contributed by atoms with E-state index < -0.39 is 6.10 Å². The molecular weight excluding hydrogens is 166 g/mol. The van der Waals surface area contributed by atoms with Crippen molar-refractivity contribution >= 4 is 0 Å². The van der Waals surface area contributed by atoms with E-state index in [2.05, 4.69) is 10.0 Å². The Bertz CT molecular complexity index is 371. The predicted octanol–water partition coefficient (Wildman–Crippen LogP) is 1.96. The second kappa shape index (κ2) is 3.09. The van der Waals surface area contributed by atoms with E-state index in [9.17, 15) is 5.11 Å². The van der Waals surface area contributed by atoms with E-state index in [0.29, 0.717) is 6.42 Å². The fourth-order valence-electron chi connectivity index (χ4n) is 1.72. The summed E-state index contributed by atoms with van der Waals surface area (Å²) in [4.78, 5) is 2.72. The smallest absolute Gasteiger partial charge is 0.0880 e. The molecule has 66 valence electrons. The first-order valence-electron chi connectivity index (χ1n) is 4.13. The van der Waals surface area contributed by atoms with Crippen molar-refractivity contribution in [3.8, 4) is 0 Å². The third kappa shape index (κ3) is 1.26. The van der Waals surface area contributed by atoms with Gasteiger partial charge in [-0.25, -0.2) is 0 Å². The predicted molar refractivity (Wildman–Crippen MR) is 48.0 cm³/mol. The summed E-state index contributed by atoms with van der Waals surface area (Å²) in [5.74, 6) is 0. The van der Waals surface area contributed by atoms with Gasteiger partial charge in [0, 0.05) is 4.91 Å². The number of rotatable bonds is 1. The van der Waals surface area contributed by atoms with Gasteiger partial charge < -0.3 is 5.11 Å². The van der Waals surface area contributed by atoms with Crippen LogP contribution >= 0.6 is 0 Å². The average Bonchev–Trinajstić information content (AvgIpc) is 2.46. The van der Waals surface area contributed by atoms with Crippen LogP contribution < -0.4 is 0 Å². The highest BCUT2D eigenvalue weighted by Crippen LogP contribution is 2.32. The molecule has 0 aromatic heterocycles. The van der Waals surface area contributed by atoms with Crippen LogP contribution in [0.3, 0.4) is 0 Å². The van der Waals surface area contributed by atoms with E-state index in [0.717, 1.165) is 11.1 Å². The minimum atomic E-state index is -0.632. The highest BCUT2D eigenvalue weighted by molar-refractivity contribution is 5.35. The highest BCUT2D eigenvalue weighted by atomic mass is 16.3. The molecular formula is C9H9N3O. The molecule has 2 rings (SSSR count). The van der Waals surface area contributed by atoms with Crippen molar-refractivity contribution in [1.29, 1.82) is 0 Å². The Morgan fingerprint density at radius 1 is 1.46 bits per heavy atom. The Balaban J connectivity index is 2.37. The number of hydrogen-bond donors (Lipinski definition) is 1. The summed E-state index contributed by atoms with van der Waals surface area (Å²) in [6.45, 7) is 0. The molecule has 1 aliphatic carbocycles. The summed E-state index contributed by atoms with van der Waals surface area (Å²) in [6, 6.07) is 7.28. The maximum absolute atomic E-state index is 9.71. The number of benzene rings is 1. The highest BCUT2D eigenvalue weighted by Gasteiger charge is 2.29. The molecule has 0 radical (unpaired) electrons. The van der Waals surface area contributed by atoms with Crippen molar-refractivity contribution in [2.24, 2.45) is 5.11 Å². The number of azide groups is 1. The van der Waals surface area contributed by atoms with Crippen LogP contribution in [0.1, 0.15) is 17.2 Å². The first kappa shape index (κ1) is 8.10. The molecule has 0 heterocycles. The fraction of sp³-hybridized carbons (Fsp3) is 0.333. The summed E-state index contributed by atoms with van der Waals surface area (Å²) in [6.07, 6.45) is 0.00796. The van der Waals surface area contributed by atoms with Gasteiger partial charge in [-0.1, -0.05) is 29.4 Å². The molecule has 2 atom stereocenters. The molecule has 4 nitrogen and oxygen atoms in total. The van der Waals surface area contributed by atoms with Gasteiger partial charge in [0.05, 0.1) is 12.1 Å². The second-order valence-electron chi connectivity index (χ2n) is 3.12. The molecule has 0 unspecified atom stereocenters. The van der Waals surface area contributed by atoms with Gasteiger partial charge in [-0.05, 0) is 23.1 Å². The summed E-state index contributed by atoms with van der Waals surface area (Å²) in [5, 5.41) is 13.3. The number of hydrogen-bond acceptors (Lipinski definition) is 2. The normalized spacial score (nSPS) is 25.0.